The number of hydrogen-bond donors (Lipinski definition) is 0. The van der Waals surface area contributed by atoms with Crippen LogP contribution in [-0.2, 0) is 23.9 Å². The van der Waals surface area contributed by atoms with E-state index in [1.54, 1.807) is 24.3 Å². The molecule has 0 atom stereocenters. The van der Waals surface area contributed by atoms with Crippen molar-refractivity contribution >= 4 is 29.5 Å². The van der Waals surface area contributed by atoms with Gasteiger partial charge in [-0.15, -0.1) is 11.6 Å². The summed E-state index contributed by atoms with van der Waals surface area (Å²) in [5, 5.41) is 0. The van der Waals surface area contributed by atoms with Crippen LogP contribution in [0.2, 0.25) is 0 Å². The Morgan fingerprint density at radius 2 is 1.41 bits per heavy atom. The van der Waals surface area contributed by atoms with Crippen molar-refractivity contribution in [2.45, 2.75) is 57.8 Å². The molecule has 1 fully saturated rings. The van der Waals surface area contributed by atoms with Crippen LogP contribution in [0.15, 0.2) is 24.3 Å². The van der Waals surface area contributed by atoms with Crippen LogP contribution in [0.5, 0.6) is 11.5 Å². The van der Waals surface area contributed by atoms with Crippen LogP contribution < -0.4 is 9.47 Å². The standard InChI is InChI=1S/C24H33ClO7/c1-29-23(27)18-6-8-19(9-7-18)24(28)32-21-12-10-20(11-13-21)30-16-4-2-3-5-17-31-22(26)14-15-25/h10-13,18-19H,2-9,14-17H2,1H3. The monoisotopic (exact) mass is 468 g/mol. The van der Waals surface area contributed by atoms with E-state index in [0.717, 1.165) is 31.4 Å². The maximum Gasteiger partial charge on any atom is 0.314 e. The van der Waals surface area contributed by atoms with Gasteiger partial charge in [0.15, 0.2) is 0 Å². The van der Waals surface area contributed by atoms with E-state index < -0.39 is 0 Å². The molecule has 0 radical (unpaired) electrons. The topological polar surface area (TPSA) is 88.1 Å². The third kappa shape index (κ3) is 9.47. The van der Waals surface area contributed by atoms with Gasteiger partial charge in [0.05, 0.1) is 38.6 Å². The Kier molecular flexibility index (Phi) is 11.9. The van der Waals surface area contributed by atoms with Crippen LogP contribution in [0, 0.1) is 11.8 Å². The fraction of sp³-hybridized carbons (Fsp3) is 0.625. The molecule has 1 aromatic rings. The summed E-state index contributed by atoms with van der Waals surface area (Å²) in [7, 11) is 1.39. The van der Waals surface area contributed by atoms with Crippen LogP contribution in [-0.4, -0.2) is 44.1 Å². The van der Waals surface area contributed by atoms with Crippen LogP contribution in [0.25, 0.3) is 0 Å². The van der Waals surface area contributed by atoms with Crippen LogP contribution >= 0.6 is 11.6 Å². The zero-order valence-corrected chi connectivity index (χ0v) is 19.4. The molecule has 0 unspecified atom stereocenters. The van der Waals surface area contributed by atoms with Gasteiger partial charge in [0.25, 0.3) is 0 Å². The van der Waals surface area contributed by atoms with E-state index >= 15 is 0 Å². The first-order valence-corrected chi connectivity index (χ1v) is 11.8. The van der Waals surface area contributed by atoms with Crippen molar-refractivity contribution < 1.29 is 33.3 Å². The molecule has 178 valence electrons. The Balaban J connectivity index is 1.58. The molecule has 32 heavy (non-hydrogen) atoms. The summed E-state index contributed by atoms with van der Waals surface area (Å²) in [6.07, 6.45) is 6.52. The van der Waals surface area contributed by atoms with E-state index in [9.17, 15) is 14.4 Å². The average Bonchev–Trinajstić information content (AvgIpc) is 2.81. The fourth-order valence-corrected chi connectivity index (χ4v) is 3.77. The Labute approximate surface area is 194 Å². The molecular formula is C24H33ClO7. The molecule has 0 bridgehead atoms. The van der Waals surface area contributed by atoms with Crippen molar-refractivity contribution in [1.82, 2.24) is 0 Å². The van der Waals surface area contributed by atoms with E-state index in [2.05, 4.69) is 0 Å². The molecule has 1 aromatic carbocycles. The van der Waals surface area contributed by atoms with Crippen molar-refractivity contribution in [3.8, 4) is 11.5 Å². The number of esters is 3. The number of benzene rings is 1. The molecule has 0 N–H and O–H groups in total. The van der Waals surface area contributed by atoms with Crippen molar-refractivity contribution in [3.05, 3.63) is 24.3 Å². The molecule has 2 rings (SSSR count). The normalized spacial score (nSPS) is 17.9. The lowest BCUT2D eigenvalue weighted by Crippen LogP contribution is -2.29. The van der Waals surface area contributed by atoms with Crippen LogP contribution in [0.3, 0.4) is 0 Å². The number of carbonyl (C=O) groups is 3. The predicted molar refractivity (Wildman–Crippen MR) is 120 cm³/mol. The lowest BCUT2D eigenvalue weighted by Gasteiger charge is -2.25. The summed E-state index contributed by atoms with van der Waals surface area (Å²) in [6.45, 7) is 1.03. The third-order valence-electron chi connectivity index (χ3n) is 5.51. The number of ether oxygens (including phenoxy) is 4. The van der Waals surface area contributed by atoms with Crippen LogP contribution in [0.1, 0.15) is 57.8 Å². The van der Waals surface area contributed by atoms with Gasteiger partial charge in [-0.2, -0.15) is 0 Å². The van der Waals surface area contributed by atoms with Gasteiger partial charge in [-0.1, -0.05) is 0 Å². The van der Waals surface area contributed by atoms with E-state index in [-0.39, 0.29) is 36.2 Å². The van der Waals surface area contributed by atoms with Crippen molar-refractivity contribution in [2.75, 3.05) is 26.2 Å². The highest BCUT2D eigenvalue weighted by molar-refractivity contribution is 6.18. The highest BCUT2D eigenvalue weighted by Crippen LogP contribution is 2.31. The predicted octanol–water partition coefficient (Wildman–Crippen LogP) is 4.68. The molecule has 1 aliphatic rings. The number of hydrogen-bond acceptors (Lipinski definition) is 7. The van der Waals surface area contributed by atoms with E-state index in [1.807, 2.05) is 0 Å². The van der Waals surface area contributed by atoms with Crippen molar-refractivity contribution in [3.63, 3.8) is 0 Å². The molecule has 0 saturated heterocycles. The zero-order valence-electron chi connectivity index (χ0n) is 18.7. The van der Waals surface area contributed by atoms with Crippen molar-refractivity contribution in [2.24, 2.45) is 11.8 Å². The van der Waals surface area contributed by atoms with Gasteiger partial charge in [-0.05, 0) is 75.6 Å². The molecule has 0 spiro atoms. The first kappa shape index (κ1) is 26.0. The van der Waals surface area contributed by atoms with Crippen LogP contribution in [0.4, 0.5) is 0 Å². The van der Waals surface area contributed by atoms with Gasteiger partial charge in [-0.3, -0.25) is 14.4 Å². The number of alkyl halides is 1. The molecule has 0 heterocycles. The molecule has 8 heteroatoms. The quantitative estimate of drug-likeness (QED) is 0.180. The third-order valence-corrected chi connectivity index (χ3v) is 5.70. The summed E-state index contributed by atoms with van der Waals surface area (Å²) >= 11 is 5.47. The summed E-state index contributed by atoms with van der Waals surface area (Å²) in [5.74, 6) is 0.503. The molecule has 0 aromatic heterocycles. The number of carbonyl (C=O) groups excluding carboxylic acids is 3. The lowest BCUT2D eigenvalue weighted by atomic mass is 9.82. The lowest BCUT2D eigenvalue weighted by molar-refractivity contribution is -0.149. The molecule has 7 nitrogen and oxygen atoms in total. The van der Waals surface area contributed by atoms with Gasteiger partial charge >= 0.3 is 17.9 Å². The second kappa shape index (κ2) is 14.7. The minimum Gasteiger partial charge on any atom is -0.494 e. The second-order valence-corrected chi connectivity index (χ2v) is 8.26. The second-order valence-electron chi connectivity index (χ2n) is 7.89. The highest BCUT2D eigenvalue weighted by Gasteiger charge is 2.31. The van der Waals surface area contributed by atoms with E-state index in [1.165, 1.54) is 7.11 Å². The fourth-order valence-electron chi connectivity index (χ4n) is 3.62. The van der Waals surface area contributed by atoms with Gasteiger partial charge in [-0.25, -0.2) is 0 Å². The largest absolute Gasteiger partial charge is 0.494 e. The molecular weight excluding hydrogens is 436 g/mol. The Morgan fingerprint density at radius 1 is 0.844 bits per heavy atom. The summed E-state index contributed by atoms with van der Waals surface area (Å²) in [5.41, 5.74) is 0. The maximum absolute atomic E-state index is 12.4. The number of halogens is 1. The zero-order chi connectivity index (χ0) is 23.2. The molecule has 0 aliphatic heterocycles. The molecule has 0 amide bonds. The van der Waals surface area contributed by atoms with Gasteiger partial charge in [0, 0.05) is 5.88 Å². The first-order chi connectivity index (χ1) is 15.5. The maximum atomic E-state index is 12.4. The summed E-state index contributed by atoms with van der Waals surface area (Å²) < 4.78 is 21.0. The van der Waals surface area contributed by atoms with E-state index in [4.69, 9.17) is 30.5 Å². The minimum absolute atomic E-state index is 0.112. The van der Waals surface area contributed by atoms with Crippen molar-refractivity contribution in [1.29, 1.82) is 0 Å². The Morgan fingerprint density at radius 3 is 2.00 bits per heavy atom. The first-order valence-electron chi connectivity index (χ1n) is 11.3. The number of methoxy groups -OCH3 is 1. The molecule has 1 saturated carbocycles. The Hall–Kier alpha value is -2.28. The summed E-state index contributed by atoms with van der Waals surface area (Å²) in [6, 6.07) is 7.02. The average molecular weight is 469 g/mol. The highest BCUT2D eigenvalue weighted by atomic mass is 35.5. The Bertz CT molecular complexity index is 712. The summed E-state index contributed by atoms with van der Waals surface area (Å²) in [4.78, 5) is 35.1. The number of unbranched alkanes of at least 4 members (excludes halogenated alkanes) is 3. The smallest absolute Gasteiger partial charge is 0.314 e. The van der Waals surface area contributed by atoms with Gasteiger partial charge < -0.3 is 18.9 Å². The minimum atomic E-state index is -0.254. The number of rotatable bonds is 13. The SMILES string of the molecule is COC(=O)C1CCC(C(=O)Oc2ccc(OCCCCCCOC(=O)CCCl)cc2)CC1. The van der Waals surface area contributed by atoms with Gasteiger partial charge in [0.2, 0.25) is 0 Å². The van der Waals surface area contributed by atoms with Gasteiger partial charge in [0.1, 0.15) is 11.5 Å². The van der Waals surface area contributed by atoms with E-state index in [0.29, 0.717) is 50.5 Å². The molecule has 1 aliphatic carbocycles.